The van der Waals surface area contributed by atoms with Gasteiger partial charge in [0.2, 0.25) is 5.88 Å². The number of hydrogen-bond acceptors (Lipinski definition) is 7. The fourth-order valence-electron chi connectivity index (χ4n) is 3.34. The largest absolute Gasteiger partial charge is 0.438 e. The van der Waals surface area contributed by atoms with E-state index in [4.69, 9.17) is 15.9 Å². The summed E-state index contributed by atoms with van der Waals surface area (Å²) in [6.45, 7) is 1.63. The maximum absolute atomic E-state index is 12.8. The van der Waals surface area contributed by atoms with E-state index >= 15 is 0 Å². The molecule has 8 heteroatoms. The molecule has 8 nitrogen and oxygen atoms in total. The topological polar surface area (TPSA) is 123 Å². The highest BCUT2D eigenvalue weighted by Crippen LogP contribution is 2.30. The maximum Gasteiger partial charge on any atom is 0.263 e. The van der Waals surface area contributed by atoms with Crippen LogP contribution in [0, 0.1) is 0 Å². The molecule has 1 saturated heterocycles. The molecule has 1 atom stereocenters. The Bertz CT molecular complexity index is 954. The molecule has 26 heavy (non-hydrogen) atoms. The second-order valence-corrected chi connectivity index (χ2v) is 6.39. The van der Waals surface area contributed by atoms with Crippen LogP contribution in [0.3, 0.4) is 0 Å². The van der Waals surface area contributed by atoms with Crippen LogP contribution < -0.4 is 21.7 Å². The second-order valence-electron chi connectivity index (χ2n) is 6.39. The van der Waals surface area contributed by atoms with Gasteiger partial charge in [-0.3, -0.25) is 14.8 Å². The van der Waals surface area contributed by atoms with Crippen molar-refractivity contribution >= 4 is 34.3 Å². The molecule has 0 bridgehead atoms. The minimum atomic E-state index is -0.379. The molecule has 4 rings (SSSR count). The van der Waals surface area contributed by atoms with Crippen LogP contribution in [0.2, 0.25) is 0 Å². The zero-order valence-electron chi connectivity index (χ0n) is 14.2. The number of rotatable bonds is 3. The molecule has 1 fully saturated rings. The van der Waals surface area contributed by atoms with Gasteiger partial charge in [0.1, 0.15) is 11.1 Å². The quantitative estimate of drug-likeness (QED) is 0.658. The number of anilines is 3. The Morgan fingerprint density at radius 1 is 1.35 bits per heavy atom. The van der Waals surface area contributed by atoms with Crippen molar-refractivity contribution in [2.75, 3.05) is 29.0 Å². The first-order chi connectivity index (χ1) is 12.6. The summed E-state index contributed by atoms with van der Waals surface area (Å²) in [6, 6.07) is 5.45. The molecule has 1 unspecified atom stereocenters. The van der Waals surface area contributed by atoms with E-state index in [0.29, 0.717) is 16.8 Å². The van der Waals surface area contributed by atoms with Crippen molar-refractivity contribution in [1.29, 1.82) is 0 Å². The first-order valence-electron chi connectivity index (χ1n) is 8.52. The molecule has 1 aliphatic heterocycles. The van der Waals surface area contributed by atoms with E-state index in [1.165, 1.54) is 0 Å². The number of carbonyl (C=O) groups is 1. The van der Waals surface area contributed by atoms with Crippen molar-refractivity contribution in [1.82, 2.24) is 9.97 Å². The molecule has 0 aliphatic carbocycles. The first kappa shape index (κ1) is 16.3. The van der Waals surface area contributed by atoms with E-state index in [9.17, 15) is 4.79 Å². The molecular weight excluding hydrogens is 332 g/mol. The average Bonchev–Trinajstić information content (AvgIpc) is 2.98. The van der Waals surface area contributed by atoms with Crippen molar-refractivity contribution in [3.8, 4) is 0 Å². The van der Waals surface area contributed by atoms with Crippen LogP contribution in [0.1, 0.15) is 23.2 Å². The predicted octanol–water partition coefficient (Wildman–Crippen LogP) is 1.98. The Labute approximate surface area is 150 Å². The van der Waals surface area contributed by atoms with Gasteiger partial charge in [-0.15, -0.1) is 0 Å². The molecule has 134 valence electrons. The Kier molecular flexibility index (Phi) is 4.18. The Hall–Kier alpha value is -3.13. The highest BCUT2D eigenvalue weighted by molar-refractivity contribution is 6.15. The van der Waals surface area contributed by atoms with E-state index in [0.717, 1.165) is 31.6 Å². The van der Waals surface area contributed by atoms with Gasteiger partial charge in [0.25, 0.3) is 5.91 Å². The van der Waals surface area contributed by atoms with Crippen LogP contribution >= 0.6 is 0 Å². The molecule has 0 spiro atoms. The van der Waals surface area contributed by atoms with E-state index < -0.39 is 0 Å². The number of nitrogens with one attached hydrogen (secondary N) is 1. The summed E-state index contributed by atoms with van der Waals surface area (Å²) in [5.41, 5.74) is 14.6. The number of furan rings is 1. The number of aromatic nitrogens is 2. The molecule has 0 aromatic carbocycles. The van der Waals surface area contributed by atoms with Gasteiger partial charge < -0.3 is 26.1 Å². The summed E-state index contributed by atoms with van der Waals surface area (Å²) in [5, 5.41) is 2.89. The summed E-state index contributed by atoms with van der Waals surface area (Å²) in [4.78, 5) is 23.4. The van der Waals surface area contributed by atoms with Gasteiger partial charge in [-0.05, 0) is 31.0 Å². The number of amides is 1. The van der Waals surface area contributed by atoms with Crippen LogP contribution in [0.15, 0.2) is 41.2 Å². The van der Waals surface area contributed by atoms with Gasteiger partial charge in [0.15, 0.2) is 5.58 Å². The third-order valence-corrected chi connectivity index (χ3v) is 4.55. The lowest BCUT2D eigenvalue weighted by Gasteiger charge is -2.33. The third-order valence-electron chi connectivity index (χ3n) is 4.55. The van der Waals surface area contributed by atoms with Crippen LogP contribution in [-0.2, 0) is 0 Å². The monoisotopic (exact) mass is 352 g/mol. The number of nitrogens with two attached hydrogens (primary N) is 2. The highest BCUT2D eigenvalue weighted by atomic mass is 16.3. The summed E-state index contributed by atoms with van der Waals surface area (Å²) in [5.74, 6) is -0.336. The fourth-order valence-corrected chi connectivity index (χ4v) is 3.34. The summed E-state index contributed by atoms with van der Waals surface area (Å²) < 4.78 is 5.43. The first-order valence-corrected chi connectivity index (χ1v) is 8.52. The fraction of sp³-hybridized carbons (Fsp3) is 0.278. The standard InChI is InChI=1S/C18H20N6O2/c19-11-3-2-8-24(10-11)13-5-7-21-9-12(13)23-18(25)15-16-14(26-17(15)20)4-1-6-22-16/h1,4-7,9,11H,2-3,8,10,19-20H2,(H,23,25). The molecular formula is C18H20N6O2. The number of hydrogen-bond donors (Lipinski definition) is 3. The molecule has 4 heterocycles. The van der Waals surface area contributed by atoms with Gasteiger partial charge in [0.05, 0.1) is 17.6 Å². The van der Waals surface area contributed by atoms with Crippen molar-refractivity contribution in [2.24, 2.45) is 5.73 Å². The van der Waals surface area contributed by atoms with E-state index in [2.05, 4.69) is 20.2 Å². The van der Waals surface area contributed by atoms with Crippen molar-refractivity contribution in [3.63, 3.8) is 0 Å². The van der Waals surface area contributed by atoms with Crippen LogP contribution in [0.25, 0.3) is 11.1 Å². The second kappa shape index (κ2) is 6.64. The average molecular weight is 352 g/mol. The molecule has 0 radical (unpaired) electrons. The number of fused-ring (bicyclic) bond motifs is 1. The van der Waals surface area contributed by atoms with E-state index in [1.807, 2.05) is 6.07 Å². The Morgan fingerprint density at radius 2 is 2.23 bits per heavy atom. The van der Waals surface area contributed by atoms with Crippen molar-refractivity contribution < 1.29 is 9.21 Å². The van der Waals surface area contributed by atoms with E-state index in [1.54, 1.807) is 30.7 Å². The lowest BCUT2D eigenvalue weighted by atomic mass is 10.1. The third kappa shape index (κ3) is 2.95. The van der Waals surface area contributed by atoms with Gasteiger partial charge in [-0.1, -0.05) is 0 Å². The number of carbonyl (C=O) groups excluding carboxylic acids is 1. The minimum absolute atomic E-state index is 0.0432. The molecule has 1 aliphatic rings. The lowest BCUT2D eigenvalue weighted by molar-refractivity contribution is 0.102. The van der Waals surface area contributed by atoms with Crippen molar-refractivity contribution in [2.45, 2.75) is 18.9 Å². The molecule has 3 aromatic rings. The number of nitrogen functional groups attached to an aromatic ring is 1. The zero-order valence-corrected chi connectivity index (χ0v) is 14.2. The normalized spacial score (nSPS) is 17.4. The predicted molar refractivity (Wildman–Crippen MR) is 100 cm³/mol. The summed E-state index contributed by atoms with van der Waals surface area (Å²) in [6.07, 6.45) is 6.94. The van der Waals surface area contributed by atoms with Gasteiger partial charge in [-0.25, -0.2) is 0 Å². The summed E-state index contributed by atoms with van der Waals surface area (Å²) in [7, 11) is 0. The number of piperidine rings is 1. The molecule has 1 amide bonds. The summed E-state index contributed by atoms with van der Waals surface area (Å²) >= 11 is 0. The minimum Gasteiger partial charge on any atom is -0.438 e. The number of pyridine rings is 2. The Morgan fingerprint density at radius 3 is 3.08 bits per heavy atom. The van der Waals surface area contributed by atoms with Crippen LogP contribution in [0.4, 0.5) is 17.3 Å². The van der Waals surface area contributed by atoms with Gasteiger partial charge in [-0.2, -0.15) is 0 Å². The van der Waals surface area contributed by atoms with Crippen LogP contribution in [-0.4, -0.2) is 35.0 Å². The van der Waals surface area contributed by atoms with Gasteiger partial charge in [0, 0.05) is 31.5 Å². The SMILES string of the molecule is Nc1oc2cccnc2c1C(=O)Nc1cnccc1N1CCCC(N)C1. The lowest BCUT2D eigenvalue weighted by Crippen LogP contribution is -2.43. The molecule has 0 saturated carbocycles. The van der Waals surface area contributed by atoms with Gasteiger partial charge >= 0.3 is 0 Å². The number of nitrogens with zero attached hydrogens (tertiary/aromatic N) is 3. The highest BCUT2D eigenvalue weighted by Gasteiger charge is 2.23. The maximum atomic E-state index is 12.8. The molecule has 3 aromatic heterocycles. The van der Waals surface area contributed by atoms with Crippen molar-refractivity contribution in [3.05, 3.63) is 42.4 Å². The zero-order chi connectivity index (χ0) is 18.1. The smallest absolute Gasteiger partial charge is 0.263 e. The van der Waals surface area contributed by atoms with E-state index in [-0.39, 0.29) is 23.4 Å². The van der Waals surface area contributed by atoms with Crippen LogP contribution in [0.5, 0.6) is 0 Å². The Balaban J connectivity index is 1.65. The molecule has 5 N–H and O–H groups in total.